The molecule has 0 spiro atoms. The Balaban J connectivity index is 1.47. The smallest absolute Gasteiger partial charge is 0.243 e. The van der Waals surface area contributed by atoms with Gasteiger partial charge in [-0.15, -0.1) is 0 Å². The summed E-state index contributed by atoms with van der Waals surface area (Å²) in [6.07, 6.45) is 0.996. The predicted molar refractivity (Wildman–Crippen MR) is 109 cm³/mol. The fourth-order valence-corrected chi connectivity index (χ4v) is 4.45. The van der Waals surface area contributed by atoms with E-state index >= 15 is 0 Å². The predicted octanol–water partition coefficient (Wildman–Crippen LogP) is 1.35. The first-order chi connectivity index (χ1) is 13.9. The molecule has 152 valence electrons. The van der Waals surface area contributed by atoms with Crippen LogP contribution in [0.15, 0.2) is 53.4 Å². The van der Waals surface area contributed by atoms with E-state index in [1.807, 2.05) is 12.1 Å². The van der Waals surface area contributed by atoms with Gasteiger partial charge in [0, 0.05) is 33.2 Å². The largest absolute Gasteiger partial charge is 0.354 e. The topological polar surface area (TPSA) is 93.5 Å². The molecule has 7 nitrogen and oxygen atoms in total. The van der Waals surface area contributed by atoms with E-state index in [4.69, 9.17) is 5.26 Å². The summed E-state index contributed by atoms with van der Waals surface area (Å²) >= 11 is 0. The number of rotatable bonds is 7. The molecular formula is C21H24N4O3S. The van der Waals surface area contributed by atoms with Gasteiger partial charge in [0.15, 0.2) is 0 Å². The van der Waals surface area contributed by atoms with Crippen molar-refractivity contribution >= 4 is 15.9 Å². The van der Waals surface area contributed by atoms with E-state index in [1.165, 1.54) is 42.4 Å². The standard InChI is InChI=1S/C21H24N4O3S/c1-24(29(27,28)20-8-6-17(14-22)7-9-20)16-21(26)23-11-13-25-12-10-18-4-2-3-5-19(18)15-25/h2-9H,10-13,15-16H2,1H3,(H,23,26). The van der Waals surface area contributed by atoms with Crippen molar-refractivity contribution in [2.75, 3.05) is 33.2 Å². The Morgan fingerprint density at radius 3 is 2.55 bits per heavy atom. The number of nitriles is 1. The third-order valence-corrected chi connectivity index (χ3v) is 6.84. The van der Waals surface area contributed by atoms with Gasteiger partial charge >= 0.3 is 0 Å². The highest BCUT2D eigenvalue weighted by Crippen LogP contribution is 2.18. The Morgan fingerprint density at radius 2 is 1.86 bits per heavy atom. The molecule has 1 aliphatic rings. The van der Waals surface area contributed by atoms with Crippen molar-refractivity contribution in [3.8, 4) is 6.07 Å². The second-order valence-electron chi connectivity index (χ2n) is 7.04. The number of carbonyl (C=O) groups is 1. The first-order valence-electron chi connectivity index (χ1n) is 9.42. The van der Waals surface area contributed by atoms with Crippen LogP contribution in [0.5, 0.6) is 0 Å². The summed E-state index contributed by atoms with van der Waals surface area (Å²) in [7, 11) is -2.42. The van der Waals surface area contributed by atoms with Gasteiger partial charge in [-0.25, -0.2) is 8.42 Å². The fraction of sp³-hybridized carbons (Fsp3) is 0.333. The van der Waals surface area contributed by atoms with Crippen LogP contribution in [0.1, 0.15) is 16.7 Å². The summed E-state index contributed by atoms with van der Waals surface area (Å²) in [6.45, 7) is 2.72. The summed E-state index contributed by atoms with van der Waals surface area (Å²) in [6, 6.07) is 15.9. The summed E-state index contributed by atoms with van der Waals surface area (Å²) in [4.78, 5) is 14.5. The average molecular weight is 413 g/mol. The lowest BCUT2D eigenvalue weighted by Crippen LogP contribution is -2.42. The Labute approximate surface area is 171 Å². The number of nitrogens with one attached hydrogen (secondary N) is 1. The van der Waals surface area contributed by atoms with E-state index < -0.39 is 10.0 Å². The second kappa shape index (κ2) is 9.18. The summed E-state index contributed by atoms with van der Waals surface area (Å²) < 4.78 is 26.1. The van der Waals surface area contributed by atoms with Crippen molar-refractivity contribution in [3.05, 3.63) is 65.2 Å². The van der Waals surface area contributed by atoms with Gasteiger partial charge in [-0.3, -0.25) is 9.69 Å². The molecule has 0 atom stereocenters. The highest BCUT2D eigenvalue weighted by molar-refractivity contribution is 7.89. The summed E-state index contributed by atoms with van der Waals surface area (Å²) in [5.41, 5.74) is 3.07. The normalized spacial score (nSPS) is 14.2. The number of hydrogen-bond acceptors (Lipinski definition) is 5. The van der Waals surface area contributed by atoms with Gasteiger partial charge in [-0.2, -0.15) is 9.57 Å². The van der Waals surface area contributed by atoms with Gasteiger partial charge in [0.2, 0.25) is 15.9 Å². The summed E-state index contributed by atoms with van der Waals surface area (Å²) in [5.74, 6) is -0.345. The van der Waals surface area contributed by atoms with Crippen LogP contribution in [0, 0.1) is 11.3 Å². The zero-order chi connectivity index (χ0) is 20.9. The molecule has 0 aliphatic carbocycles. The van der Waals surface area contributed by atoms with Crippen molar-refractivity contribution in [1.29, 1.82) is 5.26 Å². The molecule has 1 aliphatic heterocycles. The maximum atomic E-state index is 12.6. The van der Waals surface area contributed by atoms with E-state index in [9.17, 15) is 13.2 Å². The molecule has 0 saturated carbocycles. The van der Waals surface area contributed by atoms with E-state index in [-0.39, 0.29) is 17.3 Å². The maximum Gasteiger partial charge on any atom is 0.243 e. The van der Waals surface area contributed by atoms with Crippen LogP contribution in [0.2, 0.25) is 0 Å². The number of benzene rings is 2. The number of amides is 1. The molecule has 1 N–H and O–H groups in total. The van der Waals surface area contributed by atoms with Crippen LogP contribution in [0.4, 0.5) is 0 Å². The molecule has 1 amide bonds. The number of carbonyl (C=O) groups excluding carboxylic acids is 1. The first-order valence-corrected chi connectivity index (χ1v) is 10.9. The van der Waals surface area contributed by atoms with Crippen molar-refractivity contribution in [1.82, 2.24) is 14.5 Å². The van der Waals surface area contributed by atoms with Crippen molar-refractivity contribution in [3.63, 3.8) is 0 Å². The minimum Gasteiger partial charge on any atom is -0.354 e. The molecule has 8 heteroatoms. The Morgan fingerprint density at radius 1 is 1.17 bits per heavy atom. The van der Waals surface area contributed by atoms with E-state index in [2.05, 4.69) is 28.4 Å². The van der Waals surface area contributed by atoms with E-state index in [0.717, 1.165) is 23.8 Å². The highest BCUT2D eigenvalue weighted by Gasteiger charge is 2.23. The van der Waals surface area contributed by atoms with E-state index in [0.29, 0.717) is 18.7 Å². The molecule has 29 heavy (non-hydrogen) atoms. The van der Waals surface area contributed by atoms with Crippen molar-refractivity contribution in [2.45, 2.75) is 17.9 Å². The minimum absolute atomic E-state index is 0.0544. The molecule has 0 saturated heterocycles. The van der Waals surface area contributed by atoms with E-state index in [1.54, 1.807) is 0 Å². The molecule has 3 rings (SSSR count). The molecule has 2 aromatic rings. The molecular weight excluding hydrogens is 388 g/mol. The third-order valence-electron chi connectivity index (χ3n) is 5.02. The van der Waals surface area contributed by atoms with Gasteiger partial charge < -0.3 is 5.32 Å². The average Bonchev–Trinajstić information content (AvgIpc) is 2.73. The lowest BCUT2D eigenvalue weighted by atomic mass is 10.00. The Kier molecular flexibility index (Phi) is 6.64. The molecule has 2 aromatic carbocycles. The van der Waals surface area contributed by atoms with Crippen molar-refractivity contribution in [2.24, 2.45) is 0 Å². The zero-order valence-electron chi connectivity index (χ0n) is 16.3. The lowest BCUT2D eigenvalue weighted by Gasteiger charge is -2.28. The molecule has 0 bridgehead atoms. The van der Waals surface area contributed by atoms with Crippen LogP contribution in [0.3, 0.4) is 0 Å². The molecule has 0 unspecified atom stereocenters. The van der Waals surface area contributed by atoms with Crippen LogP contribution < -0.4 is 5.32 Å². The monoisotopic (exact) mass is 412 g/mol. The molecule has 1 heterocycles. The zero-order valence-corrected chi connectivity index (χ0v) is 17.2. The molecule has 0 fully saturated rings. The molecule has 0 aromatic heterocycles. The Hall–Kier alpha value is -2.73. The van der Waals surface area contributed by atoms with Gasteiger partial charge in [0.25, 0.3) is 0 Å². The minimum atomic E-state index is -3.79. The molecule has 0 radical (unpaired) electrons. The van der Waals surface area contributed by atoms with Crippen LogP contribution in [0.25, 0.3) is 0 Å². The quantitative estimate of drug-likeness (QED) is 0.741. The number of fused-ring (bicyclic) bond motifs is 1. The fourth-order valence-electron chi connectivity index (χ4n) is 3.32. The third kappa shape index (κ3) is 5.21. The van der Waals surface area contributed by atoms with Crippen LogP contribution in [-0.2, 0) is 27.8 Å². The van der Waals surface area contributed by atoms with Crippen molar-refractivity contribution < 1.29 is 13.2 Å². The van der Waals surface area contributed by atoms with Gasteiger partial charge in [-0.1, -0.05) is 24.3 Å². The number of nitrogens with zero attached hydrogens (tertiary/aromatic N) is 3. The SMILES string of the molecule is CN(CC(=O)NCCN1CCc2ccccc2C1)S(=O)(=O)c1ccc(C#N)cc1. The van der Waals surface area contributed by atoms with Crippen LogP contribution in [-0.4, -0.2) is 56.8 Å². The number of likely N-dealkylation sites (N-methyl/N-ethyl adjacent to an activating group) is 1. The van der Waals surface area contributed by atoms with Gasteiger partial charge in [0.1, 0.15) is 0 Å². The Bertz CT molecular complexity index is 1010. The van der Waals surface area contributed by atoms with Gasteiger partial charge in [-0.05, 0) is 41.8 Å². The van der Waals surface area contributed by atoms with Crippen LogP contribution >= 0.6 is 0 Å². The maximum absolute atomic E-state index is 12.6. The lowest BCUT2D eigenvalue weighted by molar-refractivity contribution is -0.121. The first kappa shape index (κ1) is 21.0. The number of hydrogen-bond donors (Lipinski definition) is 1. The highest BCUT2D eigenvalue weighted by atomic mass is 32.2. The van der Waals surface area contributed by atoms with Gasteiger partial charge in [0.05, 0.1) is 23.1 Å². The second-order valence-corrected chi connectivity index (χ2v) is 9.09. The summed E-state index contributed by atoms with van der Waals surface area (Å²) in [5, 5.41) is 11.6. The number of sulfonamides is 1.